The van der Waals surface area contributed by atoms with E-state index >= 15 is 0 Å². The zero-order valence-electron chi connectivity index (χ0n) is 10.4. The highest BCUT2D eigenvalue weighted by Gasteiger charge is 2.07. The van der Waals surface area contributed by atoms with E-state index in [1.807, 2.05) is 19.1 Å². The second-order valence-corrected chi connectivity index (χ2v) is 4.21. The lowest BCUT2D eigenvalue weighted by molar-refractivity contribution is -0.384. The number of nitrogens with zero attached hydrogens (tertiary/aromatic N) is 1. The van der Waals surface area contributed by atoms with Crippen molar-refractivity contribution in [2.45, 2.75) is 13.0 Å². The van der Waals surface area contributed by atoms with Gasteiger partial charge in [0.1, 0.15) is 11.5 Å². The summed E-state index contributed by atoms with van der Waals surface area (Å²) in [6.07, 6.45) is 0. The smallest absolute Gasteiger partial charge is 0.273 e. The monoisotopic (exact) mass is 258 g/mol. The number of ether oxygens (including phenoxy) is 1. The Morgan fingerprint density at radius 2 is 1.84 bits per heavy atom. The van der Waals surface area contributed by atoms with Crippen molar-refractivity contribution in [2.24, 2.45) is 5.73 Å². The van der Waals surface area contributed by atoms with Crippen LogP contribution in [0.5, 0.6) is 11.5 Å². The summed E-state index contributed by atoms with van der Waals surface area (Å²) < 4.78 is 5.56. The van der Waals surface area contributed by atoms with Crippen molar-refractivity contribution >= 4 is 5.69 Å². The van der Waals surface area contributed by atoms with E-state index in [4.69, 9.17) is 10.5 Å². The topological polar surface area (TPSA) is 78.4 Å². The van der Waals surface area contributed by atoms with Gasteiger partial charge in [0.05, 0.1) is 11.0 Å². The Hall–Kier alpha value is -2.40. The molecule has 0 spiro atoms. The average Bonchev–Trinajstić information content (AvgIpc) is 2.39. The summed E-state index contributed by atoms with van der Waals surface area (Å²) >= 11 is 0. The van der Waals surface area contributed by atoms with Crippen molar-refractivity contribution in [3.63, 3.8) is 0 Å². The third-order valence-electron chi connectivity index (χ3n) is 2.67. The molecule has 0 saturated carbocycles. The maximum absolute atomic E-state index is 10.7. The molecule has 2 rings (SSSR count). The van der Waals surface area contributed by atoms with E-state index in [-0.39, 0.29) is 11.7 Å². The molecule has 5 nitrogen and oxygen atoms in total. The highest BCUT2D eigenvalue weighted by atomic mass is 16.6. The molecule has 0 aliphatic heterocycles. The van der Waals surface area contributed by atoms with Crippen LogP contribution in [0.2, 0.25) is 0 Å². The van der Waals surface area contributed by atoms with E-state index in [2.05, 4.69) is 0 Å². The number of nitrogens with two attached hydrogens (primary N) is 1. The van der Waals surface area contributed by atoms with E-state index in [1.165, 1.54) is 12.1 Å². The minimum atomic E-state index is -0.452. The van der Waals surface area contributed by atoms with Crippen LogP contribution in [-0.2, 0) is 0 Å². The van der Waals surface area contributed by atoms with E-state index in [0.717, 1.165) is 5.56 Å². The van der Waals surface area contributed by atoms with E-state index < -0.39 is 4.92 Å². The summed E-state index contributed by atoms with van der Waals surface area (Å²) in [6, 6.07) is 13.4. The molecule has 19 heavy (non-hydrogen) atoms. The molecular formula is C14H14N2O3. The molecule has 0 aromatic heterocycles. The molecule has 2 N–H and O–H groups in total. The molecular weight excluding hydrogens is 244 g/mol. The third kappa shape index (κ3) is 3.29. The number of rotatable bonds is 4. The molecule has 0 fully saturated rings. The van der Waals surface area contributed by atoms with Crippen LogP contribution in [0, 0.1) is 10.1 Å². The van der Waals surface area contributed by atoms with Crippen LogP contribution in [0.4, 0.5) is 5.69 Å². The highest BCUT2D eigenvalue weighted by molar-refractivity contribution is 5.41. The molecule has 0 radical (unpaired) electrons. The van der Waals surface area contributed by atoms with E-state index in [1.54, 1.807) is 24.3 Å². The maximum Gasteiger partial charge on any atom is 0.273 e. The Morgan fingerprint density at radius 1 is 1.16 bits per heavy atom. The maximum atomic E-state index is 10.7. The molecule has 2 aromatic carbocycles. The summed E-state index contributed by atoms with van der Waals surface area (Å²) in [5, 5.41) is 10.7. The number of nitro groups is 1. The molecule has 0 amide bonds. The fraction of sp³-hybridized carbons (Fsp3) is 0.143. The lowest BCUT2D eigenvalue weighted by Gasteiger charge is -2.08. The van der Waals surface area contributed by atoms with Gasteiger partial charge in [-0.15, -0.1) is 0 Å². The first kappa shape index (κ1) is 13.0. The van der Waals surface area contributed by atoms with Crippen LogP contribution in [0.15, 0.2) is 48.5 Å². The summed E-state index contributed by atoms with van der Waals surface area (Å²) in [5.74, 6) is 1.05. The first-order valence-electron chi connectivity index (χ1n) is 5.84. The van der Waals surface area contributed by atoms with Gasteiger partial charge < -0.3 is 10.5 Å². The summed E-state index contributed by atoms with van der Waals surface area (Å²) in [5.41, 5.74) is 6.76. The lowest BCUT2D eigenvalue weighted by atomic mass is 10.1. The SMILES string of the molecule is CC(N)c1ccc(Oc2cccc([N+](=O)[O-])c2)cc1. The van der Waals surface area contributed by atoms with Gasteiger partial charge in [-0.1, -0.05) is 18.2 Å². The molecule has 1 atom stereocenters. The minimum absolute atomic E-state index is 0.00435. The zero-order valence-corrected chi connectivity index (χ0v) is 10.4. The van der Waals surface area contributed by atoms with Gasteiger partial charge in [0.25, 0.3) is 5.69 Å². The van der Waals surface area contributed by atoms with Crippen molar-refractivity contribution in [1.29, 1.82) is 0 Å². The molecule has 2 aromatic rings. The second-order valence-electron chi connectivity index (χ2n) is 4.21. The normalized spacial score (nSPS) is 11.9. The van der Waals surface area contributed by atoms with Gasteiger partial charge in [0.2, 0.25) is 0 Å². The first-order chi connectivity index (χ1) is 9.06. The van der Waals surface area contributed by atoms with Crippen LogP contribution in [0.3, 0.4) is 0 Å². The van der Waals surface area contributed by atoms with Gasteiger partial charge in [0, 0.05) is 12.1 Å². The van der Waals surface area contributed by atoms with Crippen molar-refractivity contribution < 1.29 is 9.66 Å². The van der Waals surface area contributed by atoms with Gasteiger partial charge in [0.15, 0.2) is 0 Å². The summed E-state index contributed by atoms with van der Waals surface area (Å²) in [7, 11) is 0. The summed E-state index contributed by atoms with van der Waals surface area (Å²) in [6.45, 7) is 1.90. The molecule has 5 heteroatoms. The Bertz CT molecular complexity index is 579. The first-order valence-corrected chi connectivity index (χ1v) is 5.84. The van der Waals surface area contributed by atoms with Crippen molar-refractivity contribution in [2.75, 3.05) is 0 Å². The molecule has 0 heterocycles. The number of benzene rings is 2. The molecule has 0 aliphatic carbocycles. The predicted octanol–water partition coefficient (Wildman–Crippen LogP) is 3.41. The number of nitro benzene ring substituents is 1. The van der Waals surface area contributed by atoms with Gasteiger partial charge in [-0.05, 0) is 30.7 Å². The highest BCUT2D eigenvalue weighted by Crippen LogP contribution is 2.25. The average molecular weight is 258 g/mol. The standard InChI is InChI=1S/C14H14N2O3/c1-10(15)11-5-7-13(8-6-11)19-14-4-2-3-12(9-14)16(17)18/h2-10H,15H2,1H3. The van der Waals surface area contributed by atoms with Crippen molar-refractivity contribution in [3.8, 4) is 11.5 Å². The molecule has 0 aliphatic rings. The molecule has 0 bridgehead atoms. The Balaban J connectivity index is 2.16. The third-order valence-corrected chi connectivity index (χ3v) is 2.67. The van der Waals surface area contributed by atoms with Crippen LogP contribution in [-0.4, -0.2) is 4.92 Å². The number of hydrogen-bond donors (Lipinski definition) is 1. The fourth-order valence-electron chi connectivity index (χ4n) is 1.64. The second kappa shape index (κ2) is 5.49. The van der Waals surface area contributed by atoms with Gasteiger partial charge >= 0.3 is 0 Å². The predicted molar refractivity (Wildman–Crippen MR) is 72.2 cm³/mol. The molecule has 98 valence electrons. The molecule has 1 unspecified atom stereocenters. The van der Waals surface area contributed by atoms with E-state index in [9.17, 15) is 10.1 Å². The van der Waals surface area contributed by atoms with Gasteiger partial charge in [-0.2, -0.15) is 0 Å². The Kier molecular flexibility index (Phi) is 3.77. The minimum Gasteiger partial charge on any atom is -0.457 e. The van der Waals surface area contributed by atoms with Crippen molar-refractivity contribution in [1.82, 2.24) is 0 Å². The Labute approximate surface area is 110 Å². The van der Waals surface area contributed by atoms with Crippen LogP contribution in [0.1, 0.15) is 18.5 Å². The number of non-ortho nitro benzene ring substituents is 1. The van der Waals surface area contributed by atoms with E-state index in [0.29, 0.717) is 11.5 Å². The fourth-order valence-corrected chi connectivity index (χ4v) is 1.64. The van der Waals surface area contributed by atoms with Crippen LogP contribution >= 0.6 is 0 Å². The number of hydrogen-bond acceptors (Lipinski definition) is 4. The van der Waals surface area contributed by atoms with Gasteiger partial charge in [-0.3, -0.25) is 10.1 Å². The lowest BCUT2D eigenvalue weighted by Crippen LogP contribution is -2.04. The van der Waals surface area contributed by atoms with Crippen molar-refractivity contribution in [3.05, 3.63) is 64.2 Å². The quantitative estimate of drug-likeness (QED) is 0.673. The zero-order chi connectivity index (χ0) is 13.8. The summed E-state index contributed by atoms with van der Waals surface area (Å²) in [4.78, 5) is 10.2. The molecule has 0 saturated heterocycles. The van der Waals surface area contributed by atoms with Crippen LogP contribution < -0.4 is 10.5 Å². The van der Waals surface area contributed by atoms with Crippen LogP contribution in [0.25, 0.3) is 0 Å². The Morgan fingerprint density at radius 3 is 2.42 bits per heavy atom. The largest absolute Gasteiger partial charge is 0.457 e. The van der Waals surface area contributed by atoms with Gasteiger partial charge in [-0.25, -0.2) is 0 Å².